The highest BCUT2D eigenvalue weighted by atomic mass is 32.1. The minimum atomic E-state index is -0.278. The van der Waals surface area contributed by atoms with Gasteiger partial charge in [-0.15, -0.1) is 22.7 Å². The molecule has 1 fully saturated rings. The summed E-state index contributed by atoms with van der Waals surface area (Å²) < 4.78 is 8.15. The fraction of sp³-hybridized carbons (Fsp3) is 0.450. The molecule has 2 aromatic heterocycles. The number of hydrogen-bond acceptors (Lipinski definition) is 6. The molecule has 2 N–H and O–H groups in total. The molecule has 2 amide bonds. The molecule has 0 radical (unpaired) electrons. The van der Waals surface area contributed by atoms with Gasteiger partial charge in [-0.2, -0.15) is 0 Å². The van der Waals surface area contributed by atoms with E-state index in [9.17, 15) is 9.59 Å². The summed E-state index contributed by atoms with van der Waals surface area (Å²) in [7, 11) is 0. The predicted molar refractivity (Wildman–Crippen MR) is 113 cm³/mol. The second-order valence-electron chi connectivity index (χ2n) is 7.26. The SMILES string of the molecule is Cc1nc2c(cc(OCC(=O)N3CCCC(CCC(N)=O)C3)c3ccsc32)s1. The van der Waals surface area contributed by atoms with Gasteiger partial charge in [0.25, 0.3) is 5.91 Å². The fourth-order valence-electron chi connectivity index (χ4n) is 3.81. The van der Waals surface area contributed by atoms with Crippen LogP contribution in [0.15, 0.2) is 17.5 Å². The lowest BCUT2D eigenvalue weighted by atomic mass is 9.93. The zero-order valence-corrected chi connectivity index (χ0v) is 17.4. The lowest BCUT2D eigenvalue weighted by Gasteiger charge is -2.32. The molecule has 1 saturated heterocycles. The van der Waals surface area contributed by atoms with Crippen molar-refractivity contribution in [1.29, 1.82) is 0 Å². The van der Waals surface area contributed by atoms with Crippen molar-refractivity contribution < 1.29 is 14.3 Å². The Bertz CT molecular complexity index is 1030. The zero-order chi connectivity index (χ0) is 19.7. The Balaban J connectivity index is 1.44. The summed E-state index contributed by atoms with van der Waals surface area (Å²) in [5.41, 5.74) is 6.26. The van der Waals surface area contributed by atoms with Crippen molar-refractivity contribution >= 4 is 54.8 Å². The van der Waals surface area contributed by atoms with E-state index in [2.05, 4.69) is 4.98 Å². The molecule has 1 atom stereocenters. The van der Waals surface area contributed by atoms with Crippen LogP contribution >= 0.6 is 22.7 Å². The van der Waals surface area contributed by atoms with Crippen molar-refractivity contribution in [3.8, 4) is 5.75 Å². The van der Waals surface area contributed by atoms with Crippen molar-refractivity contribution in [3.63, 3.8) is 0 Å². The number of carbonyl (C=O) groups is 2. The molecule has 8 heteroatoms. The van der Waals surface area contributed by atoms with Gasteiger partial charge in [0.15, 0.2) is 6.61 Å². The maximum atomic E-state index is 12.7. The lowest BCUT2D eigenvalue weighted by molar-refractivity contribution is -0.135. The quantitative estimate of drug-likeness (QED) is 0.663. The predicted octanol–water partition coefficient (Wildman–Crippen LogP) is 3.70. The topological polar surface area (TPSA) is 85.5 Å². The van der Waals surface area contributed by atoms with E-state index < -0.39 is 0 Å². The van der Waals surface area contributed by atoms with E-state index >= 15 is 0 Å². The number of nitrogens with zero attached hydrogens (tertiary/aromatic N) is 2. The number of likely N-dealkylation sites (tertiary alicyclic amines) is 1. The first-order valence-electron chi connectivity index (χ1n) is 9.47. The maximum Gasteiger partial charge on any atom is 0.260 e. The van der Waals surface area contributed by atoms with Crippen molar-refractivity contribution in [1.82, 2.24) is 9.88 Å². The molecule has 1 aliphatic rings. The van der Waals surface area contributed by atoms with Gasteiger partial charge in [-0.1, -0.05) is 0 Å². The zero-order valence-electron chi connectivity index (χ0n) is 15.8. The number of amides is 2. The van der Waals surface area contributed by atoms with Crippen LogP contribution in [-0.2, 0) is 9.59 Å². The molecule has 1 unspecified atom stereocenters. The van der Waals surface area contributed by atoms with E-state index in [0.717, 1.165) is 56.9 Å². The molecule has 28 heavy (non-hydrogen) atoms. The molecule has 148 valence electrons. The second kappa shape index (κ2) is 8.05. The normalized spacial score (nSPS) is 17.3. The number of aryl methyl sites for hydroxylation is 1. The molecule has 0 spiro atoms. The van der Waals surface area contributed by atoms with Crippen LogP contribution in [-0.4, -0.2) is 41.4 Å². The number of fused-ring (bicyclic) bond motifs is 3. The standard InChI is InChI=1S/C20H23N3O3S2/c1-12-22-19-16(28-12)9-15(14-6-8-27-20(14)19)26-11-18(25)23-7-2-3-13(10-23)4-5-17(21)24/h6,8-9,13H,2-5,7,10-11H2,1H3,(H2,21,24). The van der Waals surface area contributed by atoms with Crippen LogP contribution in [0.3, 0.4) is 0 Å². The van der Waals surface area contributed by atoms with Crippen LogP contribution < -0.4 is 10.5 Å². The molecular formula is C20H23N3O3S2. The number of piperidine rings is 1. The number of thiazole rings is 1. The Morgan fingerprint density at radius 3 is 3.11 bits per heavy atom. The molecule has 6 nitrogen and oxygen atoms in total. The molecule has 3 heterocycles. The van der Waals surface area contributed by atoms with Gasteiger partial charge in [0.1, 0.15) is 5.75 Å². The highest BCUT2D eigenvalue weighted by molar-refractivity contribution is 7.21. The van der Waals surface area contributed by atoms with Gasteiger partial charge in [-0.25, -0.2) is 4.98 Å². The highest BCUT2D eigenvalue weighted by Crippen LogP contribution is 2.38. The largest absolute Gasteiger partial charge is 0.483 e. The third-order valence-corrected chi connectivity index (χ3v) is 7.03. The first kappa shape index (κ1) is 19.1. The van der Waals surface area contributed by atoms with Gasteiger partial charge in [0.05, 0.1) is 19.9 Å². The molecule has 0 saturated carbocycles. The van der Waals surface area contributed by atoms with Gasteiger partial charge < -0.3 is 15.4 Å². The van der Waals surface area contributed by atoms with Gasteiger partial charge in [-0.3, -0.25) is 9.59 Å². The van der Waals surface area contributed by atoms with Crippen LogP contribution in [0, 0.1) is 12.8 Å². The molecular weight excluding hydrogens is 394 g/mol. The Labute approximate surface area is 171 Å². The molecule has 0 aliphatic carbocycles. The molecule has 3 aromatic rings. The van der Waals surface area contributed by atoms with Gasteiger partial charge in [0, 0.05) is 31.0 Å². The molecule has 1 aromatic carbocycles. The van der Waals surface area contributed by atoms with Crippen molar-refractivity contribution in [2.45, 2.75) is 32.6 Å². The monoisotopic (exact) mass is 417 g/mol. The Morgan fingerprint density at radius 1 is 1.43 bits per heavy atom. The summed E-state index contributed by atoms with van der Waals surface area (Å²) >= 11 is 3.28. The average molecular weight is 418 g/mol. The van der Waals surface area contributed by atoms with E-state index in [-0.39, 0.29) is 18.4 Å². The lowest BCUT2D eigenvalue weighted by Crippen LogP contribution is -2.42. The number of rotatable bonds is 6. The van der Waals surface area contributed by atoms with Gasteiger partial charge in [-0.05, 0) is 43.6 Å². The number of ether oxygens (including phenoxy) is 1. The molecule has 4 rings (SSSR count). The number of primary amides is 1. The Kier molecular flexibility index (Phi) is 5.50. The molecule has 0 bridgehead atoms. The Hall–Kier alpha value is -2.19. The number of nitrogens with two attached hydrogens (primary N) is 1. The third kappa shape index (κ3) is 3.98. The van der Waals surface area contributed by atoms with Crippen LogP contribution in [0.2, 0.25) is 0 Å². The summed E-state index contributed by atoms with van der Waals surface area (Å²) in [6.45, 7) is 3.45. The highest BCUT2D eigenvalue weighted by Gasteiger charge is 2.24. The number of aromatic nitrogens is 1. The minimum absolute atomic E-state index is 0.00673. The summed E-state index contributed by atoms with van der Waals surface area (Å²) in [5, 5.41) is 4.06. The van der Waals surface area contributed by atoms with E-state index in [1.165, 1.54) is 0 Å². The summed E-state index contributed by atoms with van der Waals surface area (Å²) in [6.07, 6.45) is 3.12. The summed E-state index contributed by atoms with van der Waals surface area (Å²) in [6, 6.07) is 4.02. The van der Waals surface area contributed by atoms with Crippen LogP contribution in [0.4, 0.5) is 0 Å². The third-order valence-electron chi connectivity index (χ3n) is 5.19. The van der Waals surface area contributed by atoms with Crippen LogP contribution in [0.5, 0.6) is 5.75 Å². The number of carbonyl (C=O) groups excluding carboxylic acids is 2. The minimum Gasteiger partial charge on any atom is -0.483 e. The van der Waals surface area contributed by atoms with Crippen molar-refractivity contribution in [3.05, 3.63) is 22.5 Å². The van der Waals surface area contributed by atoms with E-state index in [0.29, 0.717) is 18.9 Å². The number of benzene rings is 1. The Morgan fingerprint density at radius 2 is 2.29 bits per heavy atom. The summed E-state index contributed by atoms with van der Waals surface area (Å²) in [4.78, 5) is 30.2. The number of thiophene rings is 1. The number of hydrogen-bond donors (Lipinski definition) is 1. The summed E-state index contributed by atoms with van der Waals surface area (Å²) in [5.74, 6) is 0.793. The van der Waals surface area contributed by atoms with Gasteiger partial charge in [0.2, 0.25) is 5.91 Å². The fourth-order valence-corrected chi connectivity index (χ4v) is 5.64. The van der Waals surface area contributed by atoms with E-state index in [1.807, 2.05) is 29.3 Å². The van der Waals surface area contributed by atoms with Gasteiger partial charge >= 0.3 is 0 Å². The first-order chi connectivity index (χ1) is 13.5. The average Bonchev–Trinajstić information content (AvgIpc) is 3.30. The van der Waals surface area contributed by atoms with Crippen molar-refractivity contribution in [2.24, 2.45) is 11.7 Å². The smallest absolute Gasteiger partial charge is 0.260 e. The molecule has 1 aliphatic heterocycles. The van der Waals surface area contributed by atoms with Crippen LogP contribution in [0.1, 0.15) is 30.7 Å². The van der Waals surface area contributed by atoms with Crippen molar-refractivity contribution in [2.75, 3.05) is 19.7 Å². The van der Waals surface area contributed by atoms with E-state index in [1.54, 1.807) is 22.7 Å². The second-order valence-corrected chi connectivity index (χ2v) is 9.41. The maximum absolute atomic E-state index is 12.7. The first-order valence-corrected chi connectivity index (χ1v) is 11.2. The van der Waals surface area contributed by atoms with Crippen LogP contribution in [0.25, 0.3) is 20.3 Å². The van der Waals surface area contributed by atoms with E-state index in [4.69, 9.17) is 10.5 Å².